The van der Waals surface area contributed by atoms with E-state index in [2.05, 4.69) is 15.8 Å². The summed E-state index contributed by atoms with van der Waals surface area (Å²) in [6, 6.07) is 8.72. The fourth-order valence-electron chi connectivity index (χ4n) is 2.91. The number of carbonyl (C=O) groups excluding carboxylic acids is 2. The van der Waals surface area contributed by atoms with Gasteiger partial charge in [-0.05, 0) is 38.0 Å². The normalized spacial score (nSPS) is 10.6. The maximum Gasteiger partial charge on any atom is 0.278 e. The number of benzene rings is 1. The van der Waals surface area contributed by atoms with Gasteiger partial charge >= 0.3 is 0 Å². The van der Waals surface area contributed by atoms with E-state index in [1.165, 1.54) is 11.3 Å². The Kier molecular flexibility index (Phi) is 5.79. The largest absolute Gasteiger partial charge is 0.495 e. The van der Waals surface area contributed by atoms with Crippen LogP contribution in [0.15, 0.2) is 34.9 Å². The van der Waals surface area contributed by atoms with Gasteiger partial charge in [-0.1, -0.05) is 24.2 Å². The molecule has 1 aromatic carbocycles. The summed E-state index contributed by atoms with van der Waals surface area (Å²) in [5, 5.41) is 9.88. The van der Waals surface area contributed by atoms with Gasteiger partial charge in [0.2, 0.25) is 0 Å². The zero-order valence-electron chi connectivity index (χ0n) is 16.1. The number of hydrogen-bond donors (Lipinski definition) is 2. The van der Waals surface area contributed by atoms with E-state index >= 15 is 0 Å². The highest BCUT2D eigenvalue weighted by Gasteiger charge is 2.24. The number of aryl methyl sites for hydroxylation is 2. The lowest BCUT2D eigenvalue weighted by Gasteiger charge is -2.12. The van der Waals surface area contributed by atoms with E-state index in [4.69, 9.17) is 9.26 Å². The average molecular weight is 399 g/mol. The maximum absolute atomic E-state index is 13.1. The molecule has 2 amide bonds. The highest BCUT2D eigenvalue weighted by molar-refractivity contribution is 7.16. The lowest BCUT2D eigenvalue weighted by Crippen LogP contribution is -2.18. The zero-order chi connectivity index (χ0) is 20.3. The second kappa shape index (κ2) is 8.26. The second-order valence-corrected chi connectivity index (χ2v) is 7.35. The molecule has 0 aliphatic carbocycles. The summed E-state index contributed by atoms with van der Waals surface area (Å²) in [5.74, 6) is 0.366. The quantitative estimate of drug-likeness (QED) is 0.640. The molecule has 2 heterocycles. The Morgan fingerprint density at radius 2 is 1.93 bits per heavy atom. The van der Waals surface area contributed by atoms with Crippen LogP contribution in [-0.2, 0) is 6.42 Å². The van der Waals surface area contributed by atoms with E-state index in [-0.39, 0.29) is 11.6 Å². The summed E-state index contributed by atoms with van der Waals surface area (Å²) in [6.07, 6.45) is 0.663. The summed E-state index contributed by atoms with van der Waals surface area (Å²) in [4.78, 5) is 26.5. The first-order valence-electron chi connectivity index (χ1n) is 8.75. The van der Waals surface area contributed by atoms with Crippen LogP contribution >= 0.6 is 11.3 Å². The van der Waals surface area contributed by atoms with Crippen LogP contribution in [0.25, 0.3) is 0 Å². The molecule has 3 aromatic rings. The van der Waals surface area contributed by atoms with Gasteiger partial charge < -0.3 is 19.9 Å². The third-order valence-corrected chi connectivity index (χ3v) is 5.30. The van der Waals surface area contributed by atoms with Crippen molar-refractivity contribution in [2.75, 3.05) is 17.7 Å². The molecule has 0 aliphatic heterocycles. The molecule has 3 rings (SSSR count). The predicted octanol–water partition coefficient (Wildman–Crippen LogP) is 4.43. The number of nitrogens with zero attached hydrogens (tertiary/aromatic N) is 1. The first kappa shape index (κ1) is 19.6. The number of methoxy groups -OCH3 is 1. The molecule has 0 saturated heterocycles. The van der Waals surface area contributed by atoms with Crippen LogP contribution in [0.5, 0.6) is 5.75 Å². The van der Waals surface area contributed by atoms with E-state index < -0.39 is 5.91 Å². The Hall–Kier alpha value is -3.13. The molecule has 0 atom stereocenters. The lowest BCUT2D eigenvalue weighted by atomic mass is 10.1. The molecular formula is C20H21N3O4S. The maximum atomic E-state index is 13.1. The van der Waals surface area contributed by atoms with Crippen molar-refractivity contribution in [3.05, 3.63) is 57.8 Å². The number of hydrogen-bond acceptors (Lipinski definition) is 6. The van der Waals surface area contributed by atoms with Gasteiger partial charge in [-0.2, -0.15) is 0 Å². The Balaban J connectivity index is 1.93. The van der Waals surface area contributed by atoms with Crippen LogP contribution in [0.1, 0.15) is 44.0 Å². The second-order valence-electron chi connectivity index (χ2n) is 6.13. The average Bonchev–Trinajstić information content (AvgIpc) is 3.24. The van der Waals surface area contributed by atoms with Gasteiger partial charge in [0.1, 0.15) is 16.5 Å². The Labute approximate surface area is 166 Å². The van der Waals surface area contributed by atoms with Crippen molar-refractivity contribution in [2.45, 2.75) is 27.2 Å². The van der Waals surface area contributed by atoms with Crippen molar-refractivity contribution in [1.82, 2.24) is 5.16 Å². The predicted molar refractivity (Wildman–Crippen MR) is 109 cm³/mol. The molecule has 2 aromatic heterocycles. The minimum absolute atomic E-state index is 0.165. The van der Waals surface area contributed by atoms with Crippen molar-refractivity contribution in [1.29, 1.82) is 0 Å². The van der Waals surface area contributed by atoms with Crippen LogP contribution in [0.4, 0.5) is 10.7 Å². The Bertz CT molecular complexity index is 1020. The number of carbonyl (C=O) groups is 2. The summed E-state index contributed by atoms with van der Waals surface area (Å²) < 4.78 is 10.3. The molecule has 0 unspecified atom stereocenters. The first-order valence-corrected chi connectivity index (χ1v) is 9.57. The van der Waals surface area contributed by atoms with E-state index in [1.54, 1.807) is 32.2 Å². The number of thiophene rings is 1. The smallest absolute Gasteiger partial charge is 0.278 e. The number of para-hydroxylation sites is 2. The summed E-state index contributed by atoms with van der Waals surface area (Å²) in [6.45, 7) is 5.61. The van der Waals surface area contributed by atoms with Crippen molar-refractivity contribution in [3.8, 4) is 5.75 Å². The van der Waals surface area contributed by atoms with E-state index in [0.29, 0.717) is 34.2 Å². The van der Waals surface area contributed by atoms with Crippen molar-refractivity contribution < 1.29 is 18.8 Å². The van der Waals surface area contributed by atoms with Gasteiger partial charge in [-0.15, -0.1) is 11.3 Å². The van der Waals surface area contributed by atoms with Gasteiger partial charge in [0.15, 0.2) is 5.69 Å². The number of ether oxygens (including phenoxy) is 1. The van der Waals surface area contributed by atoms with Gasteiger partial charge in [-0.3, -0.25) is 9.59 Å². The molecule has 146 valence electrons. The molecule has 8 heteroatoms. The minimum atomic E-state index is -0.424. The van der Waals surface area contributed by atoms with Crippen LogP contribution in [-0.4, -0.2) is 24.1 Å². The molecule has 7 nitrogen and oxygen atoms in total. The molecule has 28 heavy (non-hydrogen) atoms. The van der Waals surface area contributed by atoms with Crippen LogP contribution in [0.3, 0.4) is 0 Å². The monoisotopic (exact) mass is 399 g/mol. The van der Waals surface area contributed by atoms with Gasteiger partial charge in [0.05, 0.1) is 18.4 Å². The Morgan fingerprint density at radius 1 is 1.18 bits per heavy atom. The van der Waals surface area contributed by atoms with E-state index in [0.717, 1.165) is 10.4 Å². The highest BCUT2D eigenvalue weighted by atomic mass is 32.1. The first-order chi connectivity index (χ1) is 13.4. The summed E-state index contributed by atoms with van der Waals surface area (Å²) in [7, 11) is 1.54. The SMILES string of the molecule is CCc1c(C)sc(NC(=O)c2cc(C)on2)c1C(=O)Nc1ccccc1OC. The molecule has 0 bridgehead atoms. The third-order valence-electron chi connectivity index (χ3n) is 4.23. The summed E-state index contributed by atoms with van der Waals surface area (Å²) in [5.41, 5.74) is 2.07. The van der Waals surface area contributed by atoms with Gasteiger partial charge in [0.25, 0.3) is 11.8 Å². The molecular weight excluding hydrogens is 378 g/mol. The zero-order valence-corrected chi connectivity index (χ0v) is 16.9. The Morgan fingerprint density at radius 3 is 2.57 bits per heavy atom. The number of anilines is 2. The lowest BCUT2D eigenvalue weighted by molar-refractivity contribution is 0.101. The topological polar surface area (TPSA) is 93.5 Å². The molecule has 0 spiro atoms. The number of rotatable bonds is 6. The van der Waals surface area contributed by atoms with Crippen molar-refractivity contribution in [2.24, 2.45) is 0 Å². The van der Waals surface area contributed by atoms with Crippen LogP contribution in [0, 0.1) is 13.8 Å². The number of nitrogens with one attached hydrogen (secondary N) is 2. The van der Waals surface area contributed by atoms with E-state index in [1.807, 2.05) is 26.0 Å². The highest BCUT2D eigenvalue weighted by Crippen LogP contribution is 2.35. The molecule has 0 radical (unpaired) electrons. The van der Waals surface area contributed by atoms with Gasteiger partial charge in [0, 0.05) is 10.9 Å². The number of amides is 2. The fraction of sp³-hybridized carbons (Fsp3) is 0.250. The van der Waals surface area contributed by atoms with Crippen LogP contribution < -0.4 is 15.4 Å². The van der Waals surface area contributed by atoms with Crippen LogP contribution in [0.2, 0.25) is 0 Å². The third kappa shape index (κ3) is 3.91. The number of aromatic nitrogens is 1. The standard InChI is InChI=1S/C20H21N3O4S/c1-5-13-12(3)28-20(22-18(24)15-10-11(2)27-23-15)17(13)19(25)21-14-8-6-7-9-16(14)26-4/h6-10H,5H2,1-4H3,(H,21,25)(H,22,24). The fourth-order valence-corrected chi connectivity index (χ4v) is 4.04. The summed E-state index contributed by atoms with van der Waals surface area (Å²) >= 11 is 1.36. The molecule has 0 saturated carbocycles. The molecule has 2 N–H and O–H groups in total. The minimum Gasteiger partial charge on any atom is -0.495 e. The van der Waals surface area contributed by atoms with Gasteiger partial charge in [-0.25, -0.2) is 0 Å². The van der Waals surface area contributed by atoms with Crippen molar-refractivity contribution >= 4 is 33.8 Å². The molecule has 0 aliphatic rings. The van der Waals surface area contributed by atoms with Crippen molar-refractivity contribution in [3.63, 3.8) is 0 Å². The van der Waals surface area contributed by atoms with E-state index in [9.17, 15) is 9.59 Å². The molecule has 0 fully saturated rings.